The molecule has 1 unspecified atom stereocenters. The van der Waals surface area contributed by atoms with Crippen molar-refractivity contribution in [2.45, 2.75) is 30.2 Å². The van der Waals surface area contributed by atoms with Gasteiger partial charge in [-0.3, -0.25) is 4.74 Å². The van der Waals surface area contributed by atoms with Gasteiger partial charge in [0.25, 0.3) is 0 Å². The molecule has 0 saturated heterocycles. The van der Waals surface area contributed by atoms with E-state index in [2.05, 4.69) is 0 Å². The lowest BCUT2D eigenvalue weighted by molar-refractivity contribution is -0.510. The summed E-state index contributed by atoms with van der Waals surface area (Å²) < 4.78 is 123. The molecule has 0 heterocycles. The molecular weight excluding hydrogens is 326 g/mol. The number of halogens is 10. The zero-order chi connectivity index (χ0) is 16.8. The second-order valence-corrected chi connectivity index (χ2v) is 3.13. The lowest BCUT2D eigenvalue weighted by Crippen LogP contribution is -2.63. The molecule has 0 aliphatic carbocycles. The van der Waals surface area contributed by atoms with Gasteiger partial charge in [0.15, 0.2) is 0 Å². The maximum atomic E-state index is 12.7. The van der Waals surface area contributed by atoms with Crippen molar-refractivity contribution >= 4 is 5.97 Å². The third-order valence-corrected chi connectivity index (χ3v) is 1.65. The molecule has 2 N–H and O–H groups in total. The van der Waals surface area contributed by atoms with Gasteiger partial charge >= 0.3 is 36.1 Å². The van der Waals surface area contributed by atoms with Crippen molar-refractivity contribution in [2.75, 3.05) is 0 Å². The van der Waals surface area contributed by atoms with Crippen LogP contribution in [0.5, 0.6) is 0 Å². The Morgan fingerprint density at radius 3 is 1.40 bits per heavy atom. The van der Waals surface area contributed by atoms with Crippen molar-refractivity contribution in [3.05, 3.63) is 0 Å². The molecule has 20 heavy (non-hydrogen) atoms. The number of aliphatic hydroxyl groups is 1. The van der Waals surface area contributed by atoms with Gasteiger partial charge in [-0.1, -0.05) is 0 Å². The number of hydrogen-bond acceptors (Lipinski definition) is 3. The Bertz CT molecular complexity index is 368. The Hall–Kier alpha value is -1.31. The summed E-state index contributed by atoms with van der Waals surface area (Å²) in [5, 5.41) is 15.2. The maximum absolute atomic E-state index is 12.7. The molecule has 0 rings (SSSR count). The first-order valence-electron chi connectivity index (χ1n) is 3.95. The monoisotopic (exact) mass is 328 g/mol. The number of ether oxygens (including phenoxy) is 1. The van der Waals surface area contributed by atoms with Crippen LogP contribution in [-0.2, 0) is 9.53 Å². The van der Waals surface area contributed by atoms with Crippen LogP contribution in [0.4, 0.5) is 43.9 Å². The van der Waals surface area contributed by atoms with Crippen LogP contribution in [-0.4, -0.2) is 46.4 Å². The van der Waals surface area contributed by atoms with Crippen LogP contribution in [0.25, 0.3) is 0 Å². The highest BCUT2D eigenvalue weighted by atomic mass is 19.4. The summed E-state index contributed by atoms with van der Waals surface area (Å²) in [6.45, 7) is 0. The van der Waals surface area contributed by atoms with Gasteiger partial charge in [0.2, 0.25) is 0 Å². The second kappa shape index (κ2) is 4.61. The normalized spacial score (nSPS) is 17.8. The number of alkyl halides is 10. The van der Waals surface area contributed by atoms with Gasteiger partial charge < -0.3 is 10.2 Å². The maximum Gasteiger partial charge on any atom is 0.458 e. The Balaban J connectivity index is 5.80. The zero-order valence-corrected chi connectivity index (χ0v) is 8.49. The zero-order valence-electron chi connectivity index (χ0n) is 8.49. The molecule has 14 heteroatoms. The van der Waals surface area contributed by atoms with Gasteiger partial charge in [0.05, 0.1) is 0 Å². The smallest absolute Gasteiger partial charge is 0.458 e. The molecule has 0 aliphatic rings. The molecule has 0 aromatic carbocycles. The van der Waals surface area contributed by atoms with Crippen molar-refractivity contribution in [2.24, 2.45) is 0 Å². The van der Waals surface area contributed by atoms with Crippen molar-refractivity contribution in [3.63, 3.8) is 0 Å². The summed E-state index contributed by atoms with van der Waals surface area (Å²) in [5.74, 6) is -17.2. The first kappa shape index (κ1) is 18.7. The highest BCUT2D eigenvalue weighted by Gasteiger charge is 2.79. The van der Waals surface area contributed by atoms with E-state index in [4.69, 9.17) is 10.2 Å². The Kier molecular flexibility index (Phi) is 4.31. The van der Waals surface area contributed by atoms with E-state index in [9.17, 15) is 48.7 Å². The van der Waals surface area contributed by atoms with Gasteiger partial charge in [-0.25, -0.2) is 4.79 Å². The summed E-state index contributed by atoms with van der Waals surface area (Å²) in [6.07, 6.45) is -20.7. The fourth-order valence-corrected chi connectivity index (χ4v) is 0.655. The van der Waals surface area contributed by atoms with Crippen LogP contribution in [0.3, 0.4) is 0 Å². The molecule has 0 amide bonds. The minimum atomic E-state index is -7.09. The van der Waals surface area contributed by atoms with Gasteiger partial charge in [-0.2, -0.15) is 43.9 Å². The Morgan fingerprint density at radius 1 is 0.850 bits per heavy atom. The van der Waals surface area contributed by atoms with E-state index in [1.807, 2.05) is 0 Å². The molecule has 0 saturated carbocycles. The standard InChI is InChI=1S/C6H2F10O4/c7-2(8,1(17)18)6(15,16)20-3(9,4(10,11)12)5(13,14)19/h19H,(H,17,18). The van der Waals surface area contributed by atoms with Crippen molar-refractivity contribution in [3.8, 4) is 0 Å². The van der Waals surface area contributed by atoms with E-state index < -0.39 is 36.1 Å². The first-order chi connectivity index (χ1) is 8.40. The molecule has 0 radical (unpaired) electrons. The molecule has 0 bridgehead atoms. The second-order valence-electron chi connectivity index (χ2n) is 3.13. The fraction of sp³-hybridized carbons (Fsp3) is 0.833. The van der Waals surface area contributed by atoms with Crippen LogP contribution in [0.1, 0.15) is 0 Å². The number of hydrogen-bond donors (Lipinski definition) is 2. The summed E-state index contributed by atoms with van der Waals surface area (Å²) in [7, 11) is 0. The third kappa shape index (κ3) is 2.89. The van der Waals surface area contributed by atoms with Crippen molar-refractivity contribution in [1.82, 2.24) is 0 Å². The van der Waals surface area contributed by atoms with E-state index in [0.717, 1.165) is 0 Å². The van der Waals surface area contributed by atoms with Gasteiger partial charge in [0.1, 0.15) is 0 Å². The van der Waals surface area contributed by atoms with Gasteiger partial charge in [-0.05, 0) is 0 Å². The van der Waals surface area contributed by atoms with Crippen LogP contribution in [0, 0.1) is 0 Å². The number of rotatable bonds is 5. The minimum absolute atomic E-state index is 1.62. The number of carboxylic acid groups (broad SMARTS) is 1. The lowest BCUT2D eigenvalue weighted by Gasteiger charge is -2.34. The van der Waals surface area contributed by atoms with Crippen LogP contribution in [0.15, 0.2) is 0 Å². The molecule has 0 aliphatic heterocycles. The highest BCUT2D eigenvalue weighted by molar-refractivity contribution is 5.76. The van der Waals surface area contributed by atoms with E-state index >= 15 is 0 Å². The fourth-order valence-electron chi connectivity index (χ4n) is 0.655. The largest absolute Gasteiger partial charge is 0.477 e. The number of carboxylic acids is 1. The number of carbonyl (C=O) groups is 1. The molecule has 0 spiro atoms. The van der Waals surface area contributed by atoms with E-state index in [1.54, 1.807) is 4.74 Å². The quantitative estimate of drug-likeness (QED) is 0.759. The Labute approximate surface area is 101 Å². The highest BCUT2D eigenvalue weighted by Crippen LogP contribution is 2.50. The van der Waals surface area contributed by atoms with Crippen LogP contribution >= 0.6 is 0 Å². The molecule has 0 fully saturated rings. The minimum Gasteiger partial charge on any atom is -0.477 e. The van der Waals surface area contributed by atoms with E-state index in [1.165, 1.54) is 0 Å². The average molecular weight is 328 g/mol. The van der Waals surface area contributed by atoms with Crippen LogP contribution < -0.4 is 0 Å². The summed E-state index contributed by atoms with van der Waals surface area (Å²) in [6, 6.07) is 0. The van der Waals surface area contributed by atoms with Crippen LogP contribution in [0.2, 0.25) is 0 Å². The SMILES string of the molecule is O=C(O)C(F)(F)C(F)(F)OC(F)(C(O)(F)F)C(F)(F)F. The third-order valence-electron chi connectivity index (χ3n) is 1.65. The average Bonchev–Trinajstić information content (AvgIpc) is 2.12. The van der Waals surface area contributed by atoms with Crippen molar-refractivity contribution in [1.29, 1.82) is 0 Å². The first-order valence-corrected chi connectivity index (χ1v) is 3.95. The predicted octanol–water partition coefficient (Wildman–Crippen LogP) is 2.13. The Morgan fingerprint density at radius 2 is 1.20 bits per heavy atom. The molecule has 0 aromatic rings. The number of aliphatic carboxylic acids is 1. The molecule has 1 atom stereocenters. The summed E-state index contributed by atoms with van der Waals surface area (Å²) in [5.41, 5.74) is 0. The van der Waals surface area contributed by atoms with E-state index in [0.29, 0.717) is 0 Å². The van der Waals surface area contributed by atoms with E-state index in [-0.39, 0.29) is 0 Å². The predicted molar refractivity (Wildman–Crippen MR) is 35.7 cm³/mol. The molecule has 120 valence electrons. The van der Waals surface area contributed by atoms with Gasteiger partial charge in [0, 0.05) is 0 Å². The molecule has 0 aromatic heterocycles. The van der Waals surface area contributed by atoms with Crippen molar-refractivity contribution < 1.29 is 63.6 Å². The molecular formula is C6H2F10O4. The topological polar surface area (TPSA) is 66.8 Å². The molecule has 4 nitrogen and oxygen atoms in total. The van der Waals surface area contributed by atoms with Gasteiger partial charge in [-0.15, -0.1) is 0 Å². The lowest BCUT2D eigenvalue weighted by atomic mass is 10.2. The summed E-state index contributed by atoms with van der Waals surface area (Å²) >= 11 is 0. The summed E-state index contributed by atoms with van der Waals surface area (Å²) in [4.78, 5) is 9.69.